The third-order valence-corrected chi connectivity index (χ3v) is 4.22. The molecule has 0 saturated heterocycles. The van der Waals surface area contributed by atoms with Gasteiger partial charge in [-0.2, -0.15) is 0 Å². The predicted molar refractivity (Wildman–Crippen MR) is 88.3 cm³/mol. The van der Waals surface area contributed by atoms with Crippen molar-refractivity contribution in [3.05, 3.63) is 65.5 Å². The molecule has 4 nitrogen and oxygen atoms in total. The number of benzene rings is 2. The van der Waals surface area contributed by atoms with Crippen LogP contribution in [-0.4, -0.2) is 29.3 Å². The van der Waals surface area contributed by atoms with E-state index in [1.165, 1.54) is 18.2 Å². The molecule has 1 heterocycles. The lowest BCUT2D eigenvalue weighted by Crippen LogP contribution is -2.47. The first kappa shape index (κ1) is 16.5. The van der Waals surface area contributed by atoms with Crippen molar-refractivity contribution < 1.29 is 19.0 Å². The van der Waals surface area contributed by atoms with Gasteiger partial charge in [0, 0.05) is 18.4 Å². The average Bonchev–Trinajstić information content (AvgIpc) is 2.99. The normalized spacial score (nSPS) is 18.4. The maximum Gasteiger partial charge on any atom is 0.261 e. The fourth-order valence-corrected chi connectivity index (χ4v) is 2.81. The molecule has 24 heavy (non-hydrogen) atoms. The van der Waals surface area contributed by atoms with Gasteiger partial charge in [0.15, 0.2) is 6.10 Å². The molecule has 1 amide bonds. The number of rotatable bonds is 5. The summed E-state index contributed by atoms with van der Waals surface area (Å²) in [6, 6.07) is 13.4. The molecule has 1 aliphatic heterocycles. The van der Waals surface area contributed by atoms with E-state index in [-0.39, 0.29) is 11.7 Å². The standard InChI is InChI=1S/C19H20FNO3/c1-12(16(22)9-13-5-3-2-4-6-13)21-19(23)18-11-14-10-15(20)7-8-17(14)24-18/h2-8,10,12,16,18,22H,9,11H2,1H3,(H,21,23). The fourth-order valence-electron chi connectivity index (χ4n) is 2.81. The minimum Gasteiger partial charge on any atom is -0.480 e. The SMILES string of the molecule is CC(NC(=O)C1Cc2cc(F)ccc2O1)C(O)Cc1ccccc1. The summed E-state index contributed by atoms with van der Waals surface area (Å²) < 4.78 is 18.8. The number of hydrogen-bond donors (Lipinski definition) is 2. The molecule has 0 aromatic heterocycles. The van der Waals surface area contributed by atoms with Crippen LogP contribution in [0, 0.1) is 5.82 Å². The quantitative estimate of drug-likeness (QED) is 0.884. The second kappa shape index (κ2) is 7.01. The van der Waals surface area contributed by atoms with Gasteiger partial charge in [0.05, 0.1) is 12.1 Å². The van der Waals surface area contributed by atoms with Gasteiger partial charge in [0.25, 0.3) is 5.91 Å². The zero-order chi connectivity index (χ0) is 17.1. The number of amides is 1. The van der Waals surface area contributed by atoms with Crippen molar-refractivity contribution in [1.82, 2.24) is 5.32 Å². The molecule has 5 heteroatoms. The van der Waals surface area contributed by atoms with E-state index in [1.54, 1.807) is 6.92 Å². The van der Waals surface area contributed by atoms with Crippen molar-refractivity contribution in [3.63, 3.8) is 0 Å². The van der Waals surface area contributed by atoms with Crippen molar-refractivity contribution in [3.8, 4) is 5.75 Å². The lowest BCUT2D eigenvalue weighted by atomic mass is 10.0. The van der Waals surface area contributed by atoms with Gasteiger partial charge in [-0.3, -0.25) is 4.79 Å². The lowest BCUT2D eigenvalue weighted by Gasteiger charge is -2.22. The van der Waals surface area contributed by atoms with Crippen LogP contribution in [0.4, 0.5) is 4.39 Å². The molecule has 0 aliphatic carbocycles. The maximum atomic E-state index is 13.2. The first-order valence-electron chi connectivity index (χ1n) is 8.00. The molecule has 2 aromatic carbocycles. The number of carbonyl (C=O) groups excluding carboxylic acids is 1. The molecule has 0 bridgehead atoms. The van der Waals surface area contributed by atoms with Gasteiger partial charge >= 0.3 is 0 Å². The van der Waals surface area contributed by atoms with Crippen LogP contribution in [0.2, 0.25) is 0 Å². The van der Waals surface area contributed by atoms with E-state index in [1.807, 2.05) is 30.3 Å². The number of ether oxygens (including phenoxy) is 1. The topological polar surface area (TPSA) is 58.6 Å². The number of aliphatic hydroxyl groups excluding tert-OH is 1. The van der Waals surface area contributed by atoms with Crippen molar-refractivity contribution in [1.29, 1.82) is 0 Å². The first-order valence-corrected chi connectivity index (χ1v) is 8.00. The summed E-state index contributed by atoms with van der Waals surface area (Å²) in [5, 5.41) is 13.1. The number of nitrogens with one attached hydrogen (secondary N) is 1. The zero-order valence-electron chi connectivity index (χ0n) is 13.4. The smallest absolute Gasteiger partial charge is 0.261 e. The summed E-state index contributed by atoms with van der Waals surface area (Å²) in [6.45, 7) is 1.76. The summed E-state index contributed by atoms with van der Waals surface area (Å²) >= 11 is 0. The molecule has 126 valence electrons. The third kappa shape index (κ3) is 3.74. The molecule has 0 spiro atoms. The van der Waals surface area contributed by atoms with Gasteiger partial charge in [-0.05, 0) is 30.7 Å². The van der Waals surface area contributed by atoms with Crippen LogP contribution in [0.3, 0.4) is 0 Å². The van der Waals surface area contributed by atoms with Crippen molar-refractivity contribution in [2.24, 2.45) is 0 Å². The predicted octanol–water partition coefficient (Wildman–Crippen LogP) is 2.24. The highest BCUT2D eigenvalue weighted by atomic mass is 19.1. The minimum absolute atomic E-state index is 0.300. The van der Waals surface area contributed by atoms with E-state index in [0.29, 0.717) is 24.2 Å². The Morgan fingerprint density at radius 2 is 2.08 bits per heavy atom. The summed E-state index contributed by atoms with van der Waals surface area (Å²) in [4.78, 5) is 12.3. The maximum absolute atomic E-state index is 13.2. The highest BCUT2D eigenvalue weighted by Crippen LogP contribution is 2.29. The van der Waals surface area contributed by atoms with Crippen LogP contribution in [0.15, 0.2) is 48.5 Å². The van der Waals surface area contributed by atoms with Gasteiger partial charge in [-0.15, -0.1) is 0 Å². The van der Waals surface area contributed by atoms with Crippen LogP contribution in [0.1, 0.15) is 18.1 Å². The van der Waals surface area contributed by atoms with Gasteiger partial charge in [0.2, 0.25) is 0 Å². The largest absolute Gasteiger partial charge is 0.480 e. The molecule has 0 fully saturated rings. The minimum atomic E-state index is -0.697. The van der Waals surface area contributed by atoms with E-state index in [4.69, 9.17) is 4.74 Å². The lowest BCUT2D eigenvalue weighted by molar-refractivity contribution is -0.128. The van der Waals surface area contributed by atoms with E-state index >= 15 is 0 Å². The molecular weight excluding hydrogens is 309 g/mol. The van der Waals surface area contributed by atoms with Crippen LogP contribution in [0.25, 0.3) is 0 Å². The van der Waals surface area contributed by atoms with E-state index in [0.717, 1.165) is 5.56 Å². The van der Waals surface area contributed by atoms with E-state index < -0.39 is 18.2 Å². The number of hydrogen-bond acceptors (Lipinski definition) is 3. The Morgan fingerprint density at radius 3 is 2.83 bits per heavy atom. The molecule has 3 unspecified atom stereocenters. The molecular formula is C19H20FNO3. The highest BCUT2D eigenvalue weighted by molar-refractivity contribution is 5.82. The van der Waals surface area contributed by atoms with Crippen LogP contribution < -0.4 is 10.1 Å². The molecule has 2 aromatic rings. The number of fused-ring (bicyclic) bond motifs is 1. The molecule has 1 aliphatic rings. The van der Waals surface area contributed by atoms with Crippen LogP contribution in [-0.2, 0) is 17.6 Å². The van der Waals surface area contributed by atoms with Crippen molar-refractivity contribution in [2.45, 2.75) is 38.0 Å². The molecule has 3 rings (SSSR count). The van der Waals surface area contributed by atoms with Gasteiger partial charge in [-0.25, -0.2) is 4.39 Å². The Balaban J connectivity index is 1.55. The third-order valence-electron chi connectivity index (χ3n) is 4.22. The zero-order valence-corrected chi connectivity index (χ0v) is 13.4. The first-order chi connectivity index (χ1) is 11.5. The molecule has 0 saturated carbocycles. The second-order valence-electron chi connectivity index (χ2n) is 6.12. The van der Waals surface area contributed by atoms with E-state index in [9.17, 15) is 14.3 Å². The van der Waals surface area contributed by atoms with Gasteiger partial charge < -0.3 is 15.2 Å². The number of aliphatic hydroxyl groups is 1. The Labute approximate surface area is 140 Å². The van der Waals surface area contributed by atoms with Crippen LogP contribution in [0.5, 0.6) is 5.75 Å². The molecule has 0 radical (unpaired) electrons. The van der Waals surface area contributed by atoms with Gasteiger partial charge in [0.1, 0.15) is 11.6 Å². The Morgan fingerprint density at radius 1 is 1.33 bits per heavy atom. The van der Waals surface area contributed by atoms with Crippen molar-refractivity contribution in [2.75, 3.05) is 0 Å². The molecule has 3 atom stereocenters. The fraction of sp³-hybridized carbons (Fsp3) is 0.316. The Bertz CT molecular complexity index is 720. The summed E-state index contributed by atoms with van der Waals surface area (Å²) in [6.07, 6.45) is -0.592. The molecule has 2 N–H and O–H groups in total. The van der Waals surface area contributed by atoms with E-state index in [2.05, 4.69) is 5.32 Å². The summed E-state index contributed by atoms with van der Waals surface area (Å²) in [5.41, 5.74) is 1.69. The van der Waals surface area contributed by atoms with Crippen LogP contribution >= 0.6 is 0 Å². The van der Waals surface area contributed by atoms with Crippen molar-refractivity contribution >= 4 is 5.91 Å². The highest BCUT2D eigenvalue weighted by Gasteiger charge is 2.31. The summed E-state index contributed by atoms with van der Waals surface area (Å²) in [7, 11) is 0. The second-order valence-corrected chi connectivity index (χ2v) is 6.12. The summed E-state index contributed by atoms with van der Waals surface area (Å²) in [5.74, 6) is -0.106. The number of halogens is 1. The van der Waals surface area contributed by atoms with Gasteiger partial charge in [-0.1, -0.05) is 30.3 Å². The Hall–Kier alpha value is -2.40. The monoisotopic (exact) mass is 329 g/mol. The Kier molecular flexibility index (Phi) is 4.81. The number of carbonyl (C=O) groups is 1. The average molecular weight is 329 g/mol.